The summed E-state index contributed by atoms with van der Waals surface area (Å²) in [4.78, 5) is 18.6. The van der Waals surface area contributed by atoms with Crippen molar-refractivity contribution in [3.8, 4) is 11.5 Å². The molecule has 3 aromatic rings. The number of benzene rings is 2. The number of carbonyl (C=O) groups is 1. The lowest BCUT2D eigenvalue weighted by Crippen LogP contribution is -2.43. The van der Waals surface area contributed by atoms with Gasteiger partial charge in [0.1, 0.15) is 23.9 Å². The second kappa shape index (κ2) is 8.41. The smallest absolute Gasteiger partial charge is 0.249 e. The van der Waals surface area contributed by atoms with Gasteiger partial charge in [0.15, 0.2) is 0 Å². The predicted molar refractivity (Wildman–Crippen MR) is 106 cm³/mol. The molecule has 1 aliphatic rings. The minimum absolute atomic E-state index is 0.0444. The first-order valence-corrected chi connectivity index (χ1v) is 9.40. The minimum atomic E-state index is -0.379. The zero-order valence-corrected chi connectivity index (χ0v) is 16.0. The van der Waals surface area contributed by atoms with Crippen LogP contribution in [0.25, 0.3) is 0 Å². The van der Waals surface area contributed by atoms with Crippen molar-refractivity contribution in [2.45, 2.75) is 19.5 Å². The molecule has 0 bridgehead atoms. The van der Waals surface area contributed by atoms with Crippen LogP contribution in [0.1, 0.15) is 22.7 Å². The van der Waals surface area contributed by atoms with E-state index < -0.39 is 0 Å². The second-order valence-electron chi connectivity index (χ2n) is 7.01. The third kappa shape index (κ3) is 4.43. The Labute approximate surface area is 168 Å². The molecule has 1 fully saturated rings. The number of carbonyl (C=O) groups excluding carboxylic acids is 1. The standard InChI is InChI=1S/C23H21FN2O3/c1-16-5-7-17(8-6-16)13-26-21(14-28-15-23(26)27)20-12-25-10-9-22(20)29-19-4-2-3-18(24)11-19/h2-12,21H,13-15H2,1H3. The first-order chi connectivity index (χ1) is 14.1. The molecular weight excluding hydrogens is 371 g/mol. The van der Waals surface area contributed by atoms with E-state index in [-0.39, 0.29) is 24.4 Å². The molecule has 0 aliphatic carbocycles. The molecule has 1 atom stereocenters. The van der Waals surface area contributed by atoms with E-state index >= 15 is 0 Å². The van der Waals surface area contributed by atoms with Crippen LogP contribution in [-0.2, 0) is 16.1 Å². The number of amides is 1. The molecular formula is C23H21FN2O3. The van der Waals surface area contributed by atoms with Gasteiger partial charge in [0, 0.05) is 30.6 Å². The van der Waals surface area contributed by atoms with Crippen molar-refractivity contribution in [1.82, 2.24) is 9.88 Å². The average molecular weight is 392 g/mol. The van der Waals surface area contributed by atoms with Gasteiger partial charge in [-0.1, -0.05) is 35.9 Å². The summed E-state index contributed by atoms with van der Waals surface area (Å²) >= 11 is 0. The van der Waals surface area contributed by atoms with Crippen molar-refractivity contribution >= 4 is 5.91 Å². The Bertz CT molecular complexity index is 1010. The van der Waals surface area contributed by atoms with Gasteiger partial charge in [0.2, 0.25) is 5.91 Å². The second-order valence-corrected chi connectivity index (χ2v) is 7.01. The Hall–Kier alpha value is -3.25. The normalized spacial score (nSPS) is 16.7. The van der Waals surface area contributed by atoms with Crippen molar-refractivity contribution in [3.63, 3.8) is 0 Å². The molecule has 1 aromatic heterocycles. The van der Waals surface area contributed by atoms with Crippen LogP contribution in [0.15, 0.2) is 67.0 Å². The number of aryl methyl sites for hydroxylation is 1. The fourth-order valence-electron chi connectivity index (χ4n) is 3.35. The molecule has 6 heteroatoms. The van der Waals surface area contributed by atoms with E-state index in [1.165, 1.54) is 12.1 Å². The molecule has 0 saturated carbocycles. The highest BCUT2D eigenvalue weighted by molar-refractivity contribution is 5.78. The lowest BCUT2D eigenvalue weighted by Gasteiger charge is -2.36. The van der Waals surface area contributed by atoms with Gasteiger partial charge < -0.3 is 14.4 Å². The monoisotopic (exact) mass is 392 g/mol. The maximum atomic E-state index is 13.5. The van der Waals surface area contributed by atoms with E-state index in [0.29, 0.717) is 24.7 Å². The summed E-state index contributed by atoms with van der Waals surface area (Å²) in [5.41, 5.74) is 2.92. The van der Waals surface area contributed by atoms with Crippen molar-refractivity contribution < 1.29 is 18.7 Å². The van der Waals surface area contributed by atoms with Crippen LogP contribution in [0.3, 0.4) is 0 Å². The quantitative estimate of drug-likeness (QED) is 0.645. The molecule has 0 radical (unpaired) electrons. The van der Waals surface area contributed by atoms with Gasteiger partial charge in [-0.15, -0.1) is 0 Å². The van der Waals surface area contributed by atoms with Gasteiger partial charge in [-0.25, -0.2) is 4.39 Å². The Morgan fingerprint density at radius 1 is 1.21 bits per heavy atom. The van der Waals surface area contributed by atoms with Gasteiger partial charge in [-0.2, -0.15) is 0 Å². The van der Waals surface area contributed by atoms with Gasteiger partial charge in [-0.3, -0.25) is 9.78 Å². The van der Waals surface area contributed by atoms with Crippen molar-refractivity contribution in [3.05, 3.63) is 89.5 Å². The maximum absolute atomic E-state index is 13.5. The Morgan fingerprint density at radius 2 is 2.03 bits per heavy atom. The van der Waals surface area contributed by atoms with Gasteiger partial charge in [0.05, 0.1) is 12.6 Å². The summed E-state index contributed by atoms with van der Waals surface area (Å²) < 4.78 is 25.0. The Kier molecular flexibility index (Phi) is 5.53. The molecule has 1 aliphatic heterocycles. The van der Waals surface area contributed by atoms with Gasteiger partial charge >= 0.3 is 0 Å². The molecule has 1 amide bonds. The van der Waals surface area contributed by atoms with E-state index in [1.54, 1.807) is 35.5 Å². The van der Waals surface area contributed by atoms with Crippen LogP contribution in [0.4, 0.5) is 4.39 Å². The molecule has 4 rings (SSSR count). The zero-order valence-electron chi connectivity index (χ0n) is 16.0. The lowest BCUT2D eigenvalue weighted by molar-refractivity contribution is -0.149. The van der Waals surface area contributed by atoms with E-state index in [4.69, 9.17) is 9.47 Å². The lowest BCUT2D eigenvalue weighted by atomic mass is 10.0. The third-order valence-corrected chi connectivity index (χ3v) is 4.86. The highest BCUT2D eigenvalue weighted by atomic mass is 19.1. The molecule has 0 N–H and O–H groups in total. The highest BCUT2D eigenvalue weighted by Crippen LogP contribution is 2.34. The summed E-state index contributed by atoms with van der Waals surface area (Å²) in [6.45, 7) is 2.87. The molecule has 5 nitrogen and oxygen atoms in total. The topological polar surface area (TPSA) is 51.7 Å². The first-order valence-electron chi connectivity index (χ1n) is 9.40. The molecule has 1 saturated heterocycles. The predicted octanol–water partition coefficient (Wildman–Crippen LogP) is 4.42. The Morgan fingerprint density at radius 3 is 2.83 bits per heavy atom. The first kappa shape index (κ1) is 19.1. The number of ether oxygens (including phenoxy) is 2. The van der Waals surface area contributed by atoms with Crippen molar-refractivity contribution in [2.24, 2.45) is 0 Å². The largest absolute Gasteiger partial charge is 0.457 e. The van der Waals surface area contributed by atoms with E-state index in [1.807, 2.05) is 31.2 Å². The number of morpholine rings is 1. The SMILES string of the molecule is Cc1ccc(CN2C(=O)COCC2c2cnccc2Oc2cccc(F)c2)cc1. The van der Waals surface area contributed by atoms with Crippen LogP contribution < -0.4 is 4.74 Å². The summed E-state index contributed by atoms with van der Waals surface area (Å²) in [5.74, 6) is 0.422. The van der Waals surface area contributed by atoms with Crippen LogP contribution in [0.2, 0.25) is 0 Å². The summed E-state index contributed by atoms with van der Waals surface area (Å²) in [6, 6.07) is 15.4. The minimum Gasteiger partial charge on any atom is -0.457 e. The van der Waals surface area contributed by atoms with Crippen LogP contribution in [0.5, 0.6) is 11.5 Å². The fraction of sp³-hybridized carbons (Fsp3) is 0.217. The zero-order chi connectivity index (χ0) is 20.2. The molecule has 1 unspecified atom stereocenters. The van der Waals surface area contributed by atoms with E-state index in [0.717, 1.165) is 16.7 Å². The number of hydrogen-bond donors (Lipinski definition) is 0. The van der Waals surface area contributed by atoms with Crippen LogP contribution >= 0.6 is 0 Å². The summed E-state index contributed by atoms with van der Waals surface area (Å²) in [5, 5.41) is 0. The van der Waals surface area contributed by atoms with Crippen LogP contribution in [-0.4, -0.2) is 29.0 Å². The van der Waals surface area contributed by atoms with E-state index in [2.05, 4.69) is 4.98 Å². The Balaban J connectivity index is 1.64. The number of halogens is 1. The number of hydrogen-bond acceptors (Lipinski definition) is 4. The van der Waals surface area contributed by atoms with Gasteiger partial charge in [-0.05, 0) is 30.7 Å². The van der Waals surface area contributed by atoms with Crippen LogP contribution in [0, 0.1) is 12.7 Å². The van der Waals surface area contributed by atoms with E-state index in [9.17, 15) is 9.18 Å². The summed E-state index contributed by atoms with van der Waals surface area (Å²) in [7, 11) is 0. The number of pyridine rings is 1. The molecule has 148 valence electrons. The van der Waals surface area contributed by atoms with Crippen molar-refractivity contribution in [2.75, 3.05) is 13.2 Å². The number of aromatic nitrogens is 1. The molecule has 2 heterocycles. The third-order valence-electron chi connectivity index (χ3n) is 4.86. The summed E-state index contributed by atoms with van der Waals surface area (Å²) in [6.07, 6.45) is 3.28. The molecule has 2 aromatic carbocycles. The molecule has 29 heavy (non-hydrogen) atoms. The average Bonchev–Trinajstić information content (AvgIpc) is 2.72. The number of nitrogens with zero attached hydrogens (tertiary/aromatic N) is 2. The number of rotatable bonds is 5. The maximum Gasteiger partial charge on any atom is 0.249 e. The fourth-order valence-corrected chi connectivity index (χ4v) is 3.35. The van der Waals surface area contributed by atoms with Gasteiger partial charge in [0.25, 0.3) is 0 Å². The molecule has 0 spiro atoms. The highest BCUT2D eigenvalue weighted by Gasteiger charge is 2.32. The van der Waals surface area contributed by atoms with Crippen molar-refractivity contribution in [1.29, 1.82) is 0 Å².